The third kappa shape index (κ3) is 4.29. The van der Waals surface area contributed by atoms with Gasteiger partial charge in [-0.3, -0.25) is 4.79 Å². The first kappa shape index (κ1) is 15.0. The van der Waals surface area contributed by atoms with Crippen LogP contribution in [0.5, 0.6) is 0 Å². The number of nitrogens with one attached hydrogen (secondary N) is 3. The van der Waals surface area contributed by atoms with E-state index in [0.717, 1.165) is 12.8 Å². The molecule has 0 aromatic heterocycles. The predicted molar refractivity (Wildman–Crippen MR) is 86.0 cm³/mol. The molecule has 3 N–H and O–H groups in total. The van der Waals surface area contributed by atoms with E-state index in [4.69, 9.17) is 0 Å². The van der Waals surface area contributed by atoms with Crippen LogP contribution >= 0.6 is 0 Å². The third-order valence-electron chi connectivity index (χ3n) is 3.42. The molecule has 1 aliphatic rings. The molecular weight excluding hydrogens is 297 g/mol. The summed E-state index contributed by atoms with van der Waals surface area (Å²) in [4.78, 5) is 23.7. The highest BCUT2D eigenvalue weighted by Crippen LogP contribution is 2.19. The Morgan fingerprint density at radius 3 is 1.91 bits per heavy atom. The lowest BCUT2D eigenvalue weighted by Gasteiger charge is -2.08. The smallest absolute Gasteiger partial charge is 0.323 e. The van der Waals surface area contributed by atoms with Crippen molar-refractivity contribution in [1.29, 1.82) is 0 Å². The van der Waals surface area contributed by atoms with Crippen molar-refractivity contribution >= 4 is 23.3 Å². The zero-order chi connectivity index (χ0) is 16.2. The van der Waals surface area contributed by atoms with E-state index in [1.165, 1.54) is 24.3 Å². The molecule has 0 saturated heterocycles. The average Bonchev–Trinajstić information content (AvgIpc) is 3.34. The Kier molecular flexibility index (Phi) is 4.23. The van der Waals surface area contributed by atoms with Crippen LogP contribution in [0.25, 0.3) is 0 Å². The van der Waals surface area contributed by atoms with Crippen LogP contribution in [0.3, 0.4) is 0 Å². The summed E-state index contributed by atoms with van der Waals surface area (Å²) in [7, 11) is 0. The molecule has 0 aliphatic heterocycles. The van der Waals surface area contributed by atoms with Crippen molar-refractivity contribution in [2.75, 3.05) is 10.6 Å². The molecule has 1 aliphatic carbocycles. The zero-order valence-corrected chi connectivity index (χ0v) is 12.3. The fourth-order valence-corrected chi connectivity index (χ4v) is 2.03. The van der Waals surface area contributed by atoms with Crippen molar-refractivity contribution in [2.45, 2.75) is 18.9 Å². The molecule has 0 heterocycles. The molecule has 5 nitrogen and oxygen atoms in total. The molecule has 2 aromatic carbocycles. The summed E-state index contributed by atoms with van der Waals surface area (Å²) in [5.74, 6) is -0.467. The van der Waals surface area contributed by atoms with Gasteiger partial charge in [0.25, 0.3) is 5.91 Å². The van der Waals surface area contributed by atoms with Gasteiger partial charge in [-0.15, -0.1) is 0 Å². The van der Waals surface area contributed by atoms with E-state index in [1.807, 2.05) is 0 Å². The molecule has 6 heteroatoms. The van der Waals surface area contributed by atoms with Crippen LogP contribution in [0.4, 0.5) is 20.6 Å². The Hall–Kier alpha value is -2.89. The van der Waals surface area contributed by atoms with Gasteiger partial charge in [0, 0.05) is 23.0 Å². The van der Waals surface area contributed by atoms with Crippen molar-refractivity contribution in [1.82, 2.24) is 5.32 Å². The summed E-state index contributed by atoms with van der Waals surface area (Å²) in [6.07, 6.45) is 2.07. The number of rotatable bonds is 4. The van der Waals surface area contributed by atoms with Gasteiger partial charge >= 0.3 is 6.03 Å². The van der Waals surface area contributed by atoms with E-state index in [1.54, 1.807) is 24.3 Å². The molecule has 3 amide bonds. The first-order valence-corrected chi connectivity index (χ1v) is 7.35. The maximum atomic E-state index is 12.8. The first-order chi connectivity index (χ1) is 11.1. The van der Waals surface area contributed by atoms with Gasteiger partial charge in [-0.1, -0.05) is 0 Å². The van der Waals surface area contributed by atoms with E-state index in [0.29, 0.717) is 23.0 Å². The van der Waals surface area contributed by atoms with Gasteiger partial charge in [0.1, 0.15) is 5.82 Å². The fraction of sp³-hybridized carbons (Fsp3) is 0.176. The molecule has 0 atom stereocenters. The minimum Gasteiger partial charge on any atom is -0.349 e. The summed E-state index contributed by atoms with van der Waals surface area (Å²) in [5, 5.41) is 8.14. The number of urea groups is 1. The molecule has 2 aromatic rings. The largest absolute Gasteiger partial charge is 0.349 e. The molecule has 118 valence electrons. The number of amides is 3. The van der Waals surface area contributed by atoms with Gasteiger partial charge in [0.15, 0.2) is 0 Å². The van der Waals surface area contributed by atoms with Crippen molar-refractivity contribution in [3.05, 3.63) is 59.9 Å². The number of halogens is 1. The second-order valence-electron chi connectivity index (χ2n) is 5.41. The van der Waals surface area contributed by atoms with Gasteiger partial charge in [-0.2, -0.15) is 0 Å². The average molecular weight is 313 g/mol. The van der Waals surface area contributed by atoms with E-state index in [9.17, 15) is 14.0 Å². The van der Waals surface area contributed by atoms with Crippen LogP contribution in [0.2, 0.25) is 0 Å². The molecular formula is C17H16FN3O2. The number of anilines is 2. The van der Waals surface area contributed by atoms with E-state index in [-0.39, 0.29) is 11.7 Å². The van der Waals surface area contributed by atoms with Crippen LogP contribution in [-0.4, -0.2) is 18.0 Å². The van der Waals surface area contributed by atoms with Crippen LogP contribution in [-0.2, 0) is 0 Å². The number of carbonyl (C=O) groups excluding carboxylic acids is 2. The molecule has 0 spiro atoms. The molecule has 1 saturated carbocycles. The normalized spacial score (nSPS) is 13.3. The lowest BCUT2D eigenvalue weighted by Crippen LogP contribution is -2.25. The molecule has 0 unspecified atom stereocenters. The van der Waals surface area contributed by atoms with Crippen molar-refractivity contribution in [2.24, 2.45) is 0 Å². The third-order valence-corrected chi connectivity index (χ3v) is 3.42. The van der Waals surface area contributed by atoms with Gasteiger partial charge in [-0.05, 0) is 61.4 Å². The highest BCUT2D eigenvalue weighted by Gasteiger charge is 2.23. The molecule has 0 radical (unpaired) electrons. The molecule has 23 heavy (non-hydrogen) atoms. The number of hydrogen-bond acceptors (Lipinski definition) is 2. The standard InChI is InChI=1S/C17H16FN3O2/c18-12-3-7-15(8-4-12)21-17(23)20-14-5-1-11(2-6-14)16(22)19-13-9-10-13/h1-8,13H,9-10H2,(H,19,22)(H2,20,21,23). The Morgan fingerprint density at radius 1 is 0.870 bits per heavy atom. The van der Waals surface area contributed by atoms with Crippen molar-refractivity contribution < 1.29 is 14.0 Å². The van der Waals surface area contributed by atoms with Crippen molar-refractivity contribution in [3.8, 4) is 0 Å². The van der Waals surface area contributed by atoms with Crippen LogP contribution in [0, 0.1) is 5.82 Å². The van der Waals surface area contributed by atoms with E-state index < -0.39 is 6.03 Å². The highest BCUT2D eigenvalue weighted by molar-refractivity contribution is 6.00. The Balaban J connectivity index is 1.55. The van der Waals surface area contributed by atoms with Crippen LogP contribution in [0.15, 0.2) is 48.5 Å². The number of benzene rings is 2. The van der Waals surface area contributed by atoms with Crippen LogP contribution < -0.4 is 16.0 Å². The van der Waals surface area contributed by atoms with E-state index >= 15 is 0 Å². The van der Waals surface area contributed by atoms with Gasteiger partial charge in [-0.25, -0.2) is 9.18 Å². The topological polar surface area (TPSA) is 70.2 Å². The van der Waals surface area contributed by atoms with Gasteiger partial charge < -0.3 is 16.0 Å². The minimum absolute atomic E-state index is 0.102. The summed E-state index contributed by atoms with van der Waals surface area (Å²) in [5.41, 5.74) is 1.61. The summed E-state index contributed by atoms with van der Waals surface area (Å²) in [6, 6.07) is 12.0. The Labute approximate surface area is 132 Å². The van der Waals surface area contributed by atoms with E-state index in [2.05, 4.69) is 16.0 Å². The number of hydrogen-bond donors (Lipinski definition) is 3. The molecule has 3 rings (SSSR count). The van der Waals surface area contributed by atoms with Crippen molar-refractivity contribution in [3.63, 3.8) is 0 Å². The summed E-state index contributed by atoms with van der Waals surface area (Å²) < 4.78 is 12.8. The minimum atomic E-state index is -0.438. The summed E-state index contributed by atoms with van der Waals surface area (Å²) >= 11 is 0. The molecule has 0 bridgehead atoms. The first-order valence-electron chi connectivity index (χ1n) is 7.35. The Bertz CT molecular complexity index is 710. The summed E-state index contributed by atoms with van der Waals surface area (Å²) in [6.45, 7) is 0. The predicted octanol–water partition coefficient (Wildman–Crippen LogP) is 3.36. The quantitative estimate of drug-likeness (QED) is 0.810. The maximum Gasteiger partial charge on any atom is 0.323 e. The lowest BCUT2D eigenvalue weighted by molar-refractivity contribution is 0.0951. The second-order valence-corrected chi connectivity index (χ2v) is 5.41. The zero-order valence-electron chi connectivity index (χ0n) is 12.3. The lowest BCUT2D eigenvalue weighted by atomic mass is 10.2. The van der Waals surface area contributed by atoms with Gasteiger partial charge in [0.05, 0.1) is 0 Å². The second kappa shape index (κ2) is 6.48. The monoisotopic (exact) mass is 313 g/mol. The van der Waals surface area contributed by atoms with Gasteiger partial charge in [0.2, 0.25) is 0 Å². The SMILES string of the molecule is O=C(Nc1ccc(F)cc1)Nc1ccc(C(=O)NC2CC2)cc1. The highest BCUT2D eigenvalue weighted by atomic mass is 19.1. The Morgan fingerprint density at radius 2 is 1.39 bits per heavy atom. The van der Waals surface area contributed by atoms with Crippen LogP contribution in [0.1, 0.15) is 23.2 Å². The fourth-order valence-electron chi connectivity index (χ4n) is 2.03. The number of carbonyl (C=O) groups is 2. The molecule has 1 fully saturated rings. The maximum absolute atomic E-state index is 12.8.